The molecule has 22 heavy (non-hydrogen) atoms. The Balaban J connectivity index is 2.02. The first-order valence-corrected chi connectivity index (χ1v) is 7.86. The molecule has 0 radical (unpaired) electrons. The highest BCUT2D eigenvalue weighted by Crippen LogP contribution is 2.31. The maximum atomic E-state index is 12.1. The minimum Gasteiger partial charge on any atom is -0.444 e. The van der Waals surface area contributed by atoms with Gasteiger partial charge in [-0.25, -0.2) is 4.79 Å². The molecule has 124 valence electrons. The summed E-state index contributed by atoms with van der Waals surface area (Å²) < 4.78 is 7.21. The highest BCUT2D eigenvalue weighted by Gasteiger charge is 2.36. The average molecular weight is 330 g/mol. The molecule has 1 saturated heterocycles. The van der Waals surface area contributed by atoms with Gasteiger partial charge in [0, 0.05) is 24.8 Å². The van der Waals surface area contributed by atoms with E-state index in [4.69, 9.17) is 16.3 Å². The first kappa shape index (κ1) is 17.1. The monoisotopic (exact) mass is 329 g/mol. The second-order valence-corrected chi connectivity index (χ2v) is 7.37. The number of likely N-dealkylation sites (tertiary alicyclic amines) is 1. The van der Waals surface area contributed by atoms with E-state index in [1.165, 1.54) is 0 Å². The number of carbonyl (C=O) groups is 1. The van der Waals surface area contributed by atoms with Gasteiger partial charge in [-0.3, -0.25) is 4.68 Å². The van der Waals surface area contributed by atoms with Crippen LogP contribution in [0, 0.1) is 0 Å². The Morgan fingerprint density at radius 2 is 2.05 bits per heavy atom. The van der Waals surface area contributed by atoms with Crippen LogP contribution in [0.5, 0.6) is 0 Å². The van der Waals surface area contributed by atoms with Crippen molar-refractivity contribution in [1.82, 2.24) is 14.7 Å². The molecule has 0 bridgehead atoms. The van der Waals surface area contributed by atoms with Crippen molar-refractivity contribution < 1.29 is 14.6 Å². The minimum atomic E-state index is -0.483. The number of aliphatic hydroxyl groups is 1. The molecular formula is C15H24ClN3O3. The SMILES string of the molecule is CC(C)(C)OC(=O)N1CCC(C)(n2cc(CO)c(Cl)n2)CC1. The van der Waals surface area contributed by atoms with E-state index in [0.717, 1.165) is 12.8 Å². The van der Waals surface area contributed by atoms with Gasteiger partial charge >= 0.3 is 6.09 Å². The molecule has 1 aromatic heterocycles. The number of halogens is 1. The molecule has 0 unspecified atom stereocenters. The van der Waals surface area contributed by atoms with Crippen LogP contribution in [0.15, 0.2) is 6.20 Å². The molecule has 0 aromatic carbocycles. The second-order valence-electron chi connectivity index (χ2n) is 7.01. The maximum absolute atomic E-state index is 12.1. The van der Waals surface area contributed by atoms with Crippen molar-refractivity contribution in [2.45, 2.75) is 58.3 Å². The number of carbonyl (C=O) groups excluding carboxylic acids is 1. The first-order chi connectivity index (χ1) is 10.1. The zero-order chi connectivity index (χ0) is 16.5. The third kappa shape index (κ3) is 3.73. The van der Waals surface area contributed by atoms with Crippen molar-refractivity contribution in [2.75, 3.05) is 13.1 Å². The highest BCUT2D eigenvalue weighted by atomic mass is 35.5. The van der Waals surface area contributed by atoms with Crippen LogP contribution in [0.1, 0.15) is 46.1 Å². The predicted molar refractivity (Wildman–Crippen MR) is 83.8 cm³/mol. The van der Waals surface area contributed by atoms with E-state index >= 15 is 0 Å². The van der Waals surface area contributed by atoms with Crippen LogP contribution in [-0.2, 0) is 16.9 Å². The summed E-state index contributed by atoms with van der Waals surface area (Å²) in [5, 5.41) is 13.9. The molecule has 6 nitrogen and oxygen atoms in total. The van der Waals surface area contributed by atoms with E-state index in [1.54, 1.807) is 11.1 Å². The van der Waals surface area contributed by atoms with Crippen molar-refractivity contribution in [3.05, 3.63) is 16.9 Å². The molecule has 0 atom stereocenters. The van der Waals surface area contributed by atoms with E-state index in [1.807, 2.05) is 25.5 Å². The van der Waals surface area contributed by atoms with Gasteiger partial charge in [-0.15, -0.1) is 0 Å². The zero-order valence-corrected chi connectivity index (χ0v) is 14.4. The van der Waals surface area contributed by atoms with Crippen molar-refractivity contribution in [2.24, 2.45) is 0 Å². The van der Waals surface area contributed by atoms with Gasteiger partial charge in [0.15, 0.2) is 5.15 Å². The number of aliphatic hydroxyl groups excluding tert-OH is 1. The number of aromatic nitrogens is 2. The average Bonchev–Trinajstić information content (AvgIpc) is 2.79. The Labute approximate surface area is 136 Å². The summed E-state index contributed by atoms with van der Waals surface area (Å²) >= 11 is 6.00. The maximum Gasteiger partial charge on any atom is 0.410 e. The van der Waals surface area contributed by atoms with Gasteiger partial charge < -0.3 is 14.7 Å². The predicted octanol–water partition coefficient (Wildman–Crippen LogP) is 2.77. The quantitative estimate of drug-likeness (QED) is 0.906. The van der Waals surface area contributed by atoms with Crippen LogP contribution < -0.4 is 0 Å². The van der Waals surface area contributed by atoms with Gasteiger partial charge in [-0.05, 0) is 40.5 Å². The molecule has 7 heteroatoms. The smallest absolute Gasteiger partial charge is 0.410 e. The number of piperidine rings is 1. The van der Waals surface area contributed by atoms with Crippen molar-refractivity contribution in [1.29, 1.82) is 0 Å². The molecular weight excluding hydrogens is 306 g/mol. The summed E-state index contributed by atoms with van der Waals surface area (Å²) in [5.74, 6) is 0. The molecule has 1 aliphatic rings. The standard InChI is InChI=1S/C15H24ClN3O3/c1-14(2,3)22-13(21)18-7-5-15(4,6-8-18)19-9-11(10-20)12(16)17-19/h9,20H,5-8,10H2,1-4H3. The number of ether oxygens (including phenoxy) is 1. The number of amides is 1. The van der Waals surface area contributed by atoms with Gasteiger partial charge in [0.1, 0.15) is 5.60 Å². The van der Waals surface area contributed by atoms with Crippen LogP contribution >= 0.6 is 11.6 Å². The Bertz CT molecular complexity index is 543. The van der Waals surface area contributed by atoms with Crippen LogP contribution in [0.25, 0.3) is 0 Å². The summed E-state index contributed by atoms with van der Waals surface area (Å²) in [5.41, 5.74) is -0.0728. The topological polar surface area (TPSA) is 67.6 Å². The zero-order valence-electron chi connectivity index (χ0n) is 13.6. The van der Waals surface area contributed by atoms with E-state index in [9.17, 15) is 9.90 Å². The molecule has 1 aliphatic heterocycles. The van der Waals surface area contributed by atoms with E-state index in [-0.39, 0.29) is 18.2 Å². The van der Waals surface area contributed by atoms with Gasteiger partial charge in [0.05, 0.1) is 12.1 Å². The lowest BCUT2D eigenvalue weighted by molar-refractivity contribution is 0.0120. The lowest BCUT2D eigenvalue weighted by Crippen LogP contribution is -2.48. The third-order valence-electron chi connectivity index (χ3n) is 3.95. The van der Waals surface area contributed by atoms with Crippen LogP contribution in [0.3, 0.4) is 0 Å². The van der Waals surface area contributed by atoms with E-state index in [0.29, 0.717) is 23.8 Å². The lowest BCUT2D eigenvalue weighted by Gasteiger charge is -2.39. The molecule has 1 fully saturated rings. The Morgan fingerprint density at radius 1 is 1.45 bits per heavy atom. The Kier molecular flexibility index (Phi) is 4.73. The van der Waals surface area contributed by atoms with E-state index < -0.39 is 5.60 Å². The number of rotatable bonds is 2. The fourth-order valence-corrected chi connectivity index (χ4v) is 2.69. The van der Waals surface area contributed by atoms with Crippen molar-refractivity contribution >= 4 is 17.7 Å². The van der Waals surface area contributed by atoms with Crippen molar-refractivity contribution in [3.63, 3.8) is 0 Å². The van der Waals surface area contributed by atoms with E-state index in [2.05, 4.69) is 12.0 Å². The number of hydrogen-bond acceptors (Lipinski definition) is 4. The molecule has 0 aliphatic carbocycles. The number of nitrogens with zero attached hydrogens (tertiary/aromatic N) is 3. The van der Waals surface area contributed by atoms with Crippen LogP contribution in [0.4, 0.5) is 4.79 Å². The Hall–Kier alpha value is -1.27. The molecule has 2 rings (SSSR count). The lowest BCUT2D eigenvalue weighted by atomic mass is 9.90. The fraction of sp³-hybridized carbons (Fsp3) is 0.733. The summed E-state index contributed by atoms with van der Waals surface area (Å²) in [6.07, 6.45) is 3.03. The number of hydrogen-bond donors (Lipinski definition) is 1. The third-order valence-corrected chi connectivity index (χ3v) is 4.27. The van der Waals surface area contributed by atoms with Gasteiger partial charge in [-0.2, -0.15) is 5.10 Å². The highest BCUT2D eigenvalue weighted by molar-refractivity contribution is 6.30. The minimum absolute atomic E-state index is 0.126. The van der Waals surface area contributed by atoms with Crippen LogP contribution in [0.2, 0.25) is 5.15 Å². The summed E-state index contributed by atoms with van der Waals surface area (Å²) in [7, 11) is 0. The molecule has 0 spiro atoms. The van der Waals surface area contributed by atoms with Gasteiger partial charge in [-0.1, -0.05) is 11.6 Å². The Morgan fingerprint density at radius 3 is 2.50 bits per heavy atom. The summed E-state index contributed by atoms with van der Waals surface area (Å²) in [4.78, 5) is 13.8. The molecule has 1 amide bonds. The molecule has 1 N–H and O–H groups in total. The second kappa shape index (κ2) is 6.08. The molecule has 1 aromatic rings. The fourth-order valence-electron chi connectivity index (χ4n) is 2.50. The summed E-state index contributed by atoms with van der Waals surface area (Å²) in [6, 6.07) is 0. The van der Waals surface area contributed by atoms with Crippen molar-refractivity contribution in [3.8, 4) is 0 Å². The van der Waals surface area contributed by atoms with Gasteiger partial charge in [0.25, 0.3) is 0 Å². The normalized spacial score (nSPS) is 18.4. The van der Waals surface area contributed by atoms with Crippen LogP contribution in [-0.4, -0.2) is 44.6 Å². The molecule has 0 saturated carbocycles. The molecule has 2 heterocycles. The van der Waals surface area contributed by atoms with Gasteiger partial charge in [0.2, 0.25) is 0 Å². The summed E-state index contributed by atoms with van der Waals surface area (Å²) in [6.45, 7) is 8.76. The largest absolute Gasteiger partial charge is 0.444 e. The first-order valence-electron chi connectivity index (χ1n) is 7.48.